The lowest BCUT2D eigenvalue weighted by Gasteiger charge is -2.48. The molecule has 59 heavy (non-hydrogen) atoms. The van der Waals surface area contributed by atoms with Crippen LogP contribution in [0.2, 0.25) is 0 Å². The van der Waals surface area contributed by atoms with Gasteiger partial charge in [-0.3, -0.25) is 14.2 Å². The minimum Gasteiger partial charge on any atom is -0.508 e. The molecule has 0 radical (unpaired) electrons. The molecule has 1 amide bonds. The number of nitrogens with two attached hydrogens (primary N) is 1. The van der Waals surface area contributed by atoms with Crippen molar-refractivity contribution in [2.24, 2.45) is 16.6 Å². The van der Waals surface area contributed by atoms with E-state index < -0.39 is 61.7 Å². The molecule has 2 aliphatic rings. The number of amides is 1. The molecule has 2 aliphatic heterocycles. The molecule has 7 rings (SSSR count). The summed E-state index contributed by atoms with van der Waals surface area (Å²) in [5.41, 5.74) is 8.24. The van der Waals surface area contributed by atoms with Crippen LogP contribution in [0.1, 0.15) is 55.7 Å². The van der Waals surface area contributed by atoms with Gasteiger partial charge in [0.15, 0.2) is 0 Å². The first kappa shape index (κ1) is 41.1. The zero-order chi connectivity index (χ0) is 41.7. The number of nitrogens with zero attached hydrogens (tertiary/aromatic N) is 4. The highest BCUT2D eigenvalue weighted by molar-refractivity contribution is 7.57. The lowest BCUT2D eigenvalue weighted by Crippen LogP contribution is -2.55. The Morgan fingerprint density at radius 1 is 1.00 bits per heavy atom. The van der Waals surface area contributed by atoms with E-state index in [0.717, 1.165) is 5.56 Å². The number of phenols is 1. The van der Waals surface area contributed by atoms with Crippen LogP contribution < -0.4 is 25.6 Å². The van der Waals surface area contributed by atoms with E-state index in [0.29, 0.717) is 41.8 Å². The SMILES string of the molecule is C[C@H](Cn1cnc2c1NCN=C2N)OC[P@](=O)(N[C@@H](C)C(=O)O[C@@H](CC[C@H]1C(=O)N(c2ccc(F)cc2)[C@@H]1c1ccc(O)cc1)c1ccc(F)cc1)Oc1ccccc1. The first-order valence-electron chi connectivity index (χ1n) is 19.0. The number of aromatic nitrogens is 2. The molecule has 0 unspecified atom stereocenters. The standard InChI is InChI=1S/C42H44F2N7O7P/c1-26(22-50-24-48-37-39(45)46-23-47-40(37)50)56-25-59(55,58-34-6-4-3-5-7-34)49-27(2)42(54)57-36(28-8-12-30(43)13-9-28)21-20-35-38(29-10-18-33(52)19-11-29)51(41(35)53)32-16-14-31(44)15-17-32/h3-19,24,26-27,35-36,38,47,52H,20-23,25H2,1-2H3,(H2,45,46)(H,49,55)/t26-,27+,35-,36+,38-,59-/m1/s1. The number of carbonyl (C=O) groups excluding carboxylic acids is 2. The minimum atomic E-state index is -3.96. The molecule has 4 aromatic carbocycles. The van der Waals surface area contributed by atoms with E-state index in [4.69, 9.17) is 19.7 Å². The number of amidine groups is 1. The van der Waals surface area contributed by atoms with Gasteiger partial charge in [0.1, 0.15) is 65.6 Å². The van der Waals surface area contributed by atoms with Crippen LogP contribution in [0.15, 0.2) is 114 Å². The summed E-state index contributed by atoms with van der Waals surface area (Å²) in [5, 5.41) is 15.9. The molecule has 1 aromatic heterocycles. The molecule has 3 heterocycles. The van der Waals surface area contributed by atoms with E-state index in [1.165, 1.54) is 67.6 Å². The molecule has 5 aromatic rings. The monoisotopic (exact) mass is 827 g/mol. The van der Waals surface area contributed by atoms with E-state index >= 15 is 0 Å². The summed E-state index contributed by atoms with van der Waals surface area (Å²) in [4.78, 5) is 37.6. The number of β-lactam (4-membered cyclic amide) rings is 1. The second-order valence-electron chi connectivity index (χ2n) is 14.4. The molecule has 1 saturated heterocycles. The Balaban J connectivity index is 1.06. The van der Waals surface area contributed by atoms with Crippen molar-refractivity contribution >= 4 is 36.7 Å². The first-order valence-corrected chi connectivity index (χ1v) is 20.8. The third-order valence-electron chi connectivity index (χ3n) is 10.1. The molecule has 308 valence electrons. The zero-order valence-electron chi connectivity index (χ0n) is 32.3. The summed E-state index contributed by atoms with van der Waals surface area (Å²) in [6, 6.07) is 24.4. The number of imidazole rings is 1. The van der Waals surface area contributed by atoms with Crippen molar-refractivity contribution < 1.29 is 42.0 Å². The molecular weight excluding hydrogens is 783 g/mol. The number of para-hydroxylation sites is 1. The molecule has 6 atom stereocenters. The summed E-state index contributed by atoms with van der Waals surface area (Å²) < 4.78 is 62.3. The van der Waals surface area contributed by atoms with Crippen LogP contribution in [0.3, 0.4) is 0 Å². The van der Waals surface area contributed by atoms with Crippen LogP contribution in [0.4, 0.5) is 20.3 Å². The number of rotatable bonds is 17. The highest BCUT2D eigenvalue weighted by Crippen LogP contribution is 2.47. The van der Waals surface area contributed by atoms with E-state index in [1.54, 1.807) is 60.6 Å². The van der Waals surface area contributed by atoms with Gasteiger partial charge < -0.3 is 39.6 Å². The number of hydrogen-bond acceptors (Lipinski definition) is 11. The van der Waals surface area contributed by atoms with Crippen molar-refractivity contribution in [2.45, 2.75) is 57.5 Å². The molecule has 14 nitrogen and oxygen atoms in total. The van der Waals surface area contributed by atoms with Crippen LogP contribution >= 0.6 is 7.52 Å². The third-order valence-corrected chi connectivity index (χ3v) is 11.9. The number of halogens is 2. The molecule has 0 spiro atoms. The summed E-state index contributed by atoms with van der Waals surface area (Å²) >= 11 is 0. The van der Waals surface area contributed by atoms with Gasteiger partial charge in [0.25, 0.3) is 0 Å². The predicted octanol–water partition coefficient (Wildman–Crippen LogP) is 7.04. The van der Waals surface area contributed by atoms with Crippen LogP contribution in [-0.4, -0.2) is 57.5 Å². The van der Waals surface area contributed by atoms with Crippen LogP contribution in [-0.2, 0) is 30.2 Å². The molecule has 1 fully saturated rings. The lowest BCUT2D eigenvalue weighted by atomic mass is 9.78. The fraction of sp³-hybridized carbons (Fsp3) is 0.286. The van der Waals surface area contributed by atoms with Gasteiger partial charge >= 0.3 is 13.5 Å². The maximum Gasteiger partial charge on any atom is 0.342 e. The normalized spacial score (nSPS) is 18.6. The Kier molecular flexibility index (Phi) is 12.4. The molecular formula is C42H44F2N7O7P. The van der Waals surface area contributed by atoms with Gasteiger partial charge in [0.2, 0.25) is 5.91 Å². The summed E-state index contributed by atoms with van der Waals surface area (Å²) in [7, 11) is -3.96. The first-order chi connectivity index (χ1) is 28.4. The Morgan fingerprint density at radius 3 is 2.37 bits per heavy atom. The fourth-order valence-electron chi connectivity index (χ4n) is 7.13. The maximum absolute atomic E-state index is 14.5. The molecule has 0 bridgehead atoms. The van der Waals surface area contributed by atoms with Gasteiger partial charge in [-0.1, -0.05) is 42.5 Å². The average molecular weight is 828 g/mol. The van der Waals surface area contributed by atoms with E-state index in [-0.39, 0.29) is 30.2 Å². The van der Waals surface area contributed by atoms with Crippen LogP contribution in [0.5, 0.6) is 11.5 Å². The smallest absolute Gasteiger partial charge is 0.342 e. The van der Waals surface area contributed by atoms with Gasteiger partial charge in [-0.25, -0.2) is 23.8 Å². The number of carbonyl (C=O) groups is 2. The topological polar surface area (TPSA) is 183 Å². The quantitative estimate of drug-likeness (QED) is 0.0429. The second kappa shape index (κ2) is 17.8. The second-order valence-corrected chi connectivity index (χ2v) is 16.4. The number of ether oxygens (including phenoxy) is 2. The van der Waals surface area contributed by atoms with Crippen molar-refractivity contribution in [1.29, 1.82) is 0 Å². The molecule has 5 N–H and O–H groups in total. The van der Waals surface area contributed by atoms with Crippen molar-refractivity contribution in [3.63, 3.8) is 0 Å². The van der Waals surface area contributed by atoms with Crippen LogP contribution in [0.25, 0.3) is 0 Å². The van der Waals surface area contributed by atoms with Crippen molar-refractivity contribution in [2.75, 3.05) is 23.2 Å². The molecule has 0 aliphatic carbocycles. The predicted molar refractivity (Wildman–Crippen MR) is 217 cm³/mol. The van der Waals surface area contributed by atoms with Gasteiger partial charge in [-0.2, -0.15) is 0 Å². The number of aromatic hydroxyl groups is 1. The number of benzene rings is 4. The van der Waals surface area contributed by atoms with Crippen molar-refractivity contribution in [3.05, 3.63) is 138 Å². The van der Waals surface area contributed by atoms with Gasteiger partial charge in [-0.05, 0) is 98.5 Å². The Hall–Kier alpha value is -6.09. The minimum absolute atomic E-state index is 0.0575. The maximum atomic E-state index is 14.5. The molecule has 17 heteroatoms. The third kappa shape index (κ3) is 9.62. The Morgan fingerprint density at radius 2 is 1.68 bits per heavy atom. The number of nitrogens with one attached hydrogen (secondary N) is 2. The number of phenolic OH excluding ortho intramolecular Hbond substituents is 1. The summed E-state index contributed by atoms with van der Waals surface area (Å²) in [6.45, 7) is 3.90. The zero-order valence-corrected chi connectivity index (χ0v) is 33.2. The number of anilines is 2. The Bertz CT molecular complexity index is 2330. The summed E-state index contributed by atoms with van der Waals surface area (Å²) in [6.07, 6.45) is 0.178. The van der Waals surface area contributed by atoms with Gasteiger partial charge in [0.05, 0.1) is 30.9 Å². The van der Waals surface area contributed by atoms with E-state index in [2.05, 4.69) is 20.4 Å². The highest BCUT2D eigenvalue weighted by Gasteiger charge is 2.48. The lowest BCUT2D eigenvalue weighted by molar-refractivity contribution is -0.151. The number of esters is 1. The van der Waals surface area contributed by atoms with Gasteiger partial charge in [0, 0.05) is 5.69 Å². The highest BCUT2D eigenvalue weighted by atomic mass is 31.2. The van der Waals surface area contributed by atoms with E-state index in [9.17, 15) is 28.0 Å². The fourth-order valence-corrected chi connectivity index (χ4v) is 8.92. The Labute approximate surface area is 339 Å². The van der Waals surface area contributed by atoms with Gasteiger partial charge in [-0.15, -0.1) is 0 Å². The number of fused-ring (bicyclic) bond motifs is 1. The summed E-state index contributed by atoms with van der Waals surface area (Å²) in [5.74, 6) is -1.15. The largest absolute Gasteiger partial charge is 0.508 e. The van der Waals surface area contributed by atoms with Crippen molar-refractivity contribution in [3.8, 4) is 11.5 Å². The van der Waals surface area contributed by atoms with Crippen molar-refractivity contribution in [1.82, 2.24) is 14.6 Å². The molecule has 0 saturated carbocycles. The number of hydrogen-bond donors (Lipinski definition) is 4. The average Bonchev–Trinajstić information content (AvgIpc) is 3.64. The van der Waals surface area contributed by atoms with Crippen LogP contribution in [0, 0.1) is 17.6 Å². The van der Waals surface area contributed by atoms with E-state index in [1.807, 2.05) is 4.57 Å². The number of aliphatic imine (C=N–C) groups is 1.